The lowest BCUT2D eigenvalue weighted by Gasteiger charge is -2.16. The smallest absolute Gasteiger partial charge is 0.223 e. The second kappa shape index (κ2) is 10.8. The van der Waals surface area contributed by atoms with Crippen molar-refractivity contribution in [2.45, 2.75) is 39.2 Å². The van der Waals surface area contributed by atoms with Gasteiger partial charge in [-0.2, -0.15) is 0 Å². The van der Waals surface area contributed by atoms with E-state index in [9.17, 15) is 4.39 Å². The Kier molecular flexibility index (Phi) is 7.55. The molecular formula is C27H33FN4O. The minimum absolute atomic E-state index is 0.216. The van der Waals surface area contributed by atoms with Crippen molar-refractivity contribution in [3.05, 3.63) is 82.9 Å². The summed E-state index contributed by atoms with van der Waals surface area (Å²) in [7, 11) is 2.15. The van der Waals surface area contributed by atoms with Crippen LogP contribution in [0.2, 0.25) is 0 Å². The molecule has 3 aromatic rings. The predicted molar refractivity (Wildman–Crippen MR) is 130 cm³/mol. The van der Waals surface area contributed by atoms with Gasteiger partial charge in [0.2, 0.25) is 5.95 Å². The lowest BCUT2D eigenvalue weighted by Crippen LogP contribution is -2.16. The third kappa shape index (κ3) is 6.51. The Balaban J connectivity index is 1.46. The fraction of sp³-hybridized carbons (Fsp3) is 0.407. The van der Waals surface area contributed by atoms with Crippen LogP contribution in [0.4, 0.5) is 10.3 Å². The summed E-state index contributed by atoms with van der Waals surface area (Å²) >= 11 is 0. The minimum Gasteiger partial charge on any atom is -0.493 e. The summed E-state index contributed by atoms with van der Waals surface area (Å²) < 4.78 is 19.1. The van der Waals surface area contributed by atoms with Crippen LogP contribution in [0.25, 0.3) is 0 Å². The van der Waals surface area contributed by atoms with E-state index in [2.05, 4.69) is 48.2 Å². The molecule has 0 saturated carbocycles. The number of benzene rings is 2. The Hall–Kier alpha value is -2.99. The molecule has 0 amide bonds. The number of aromatic nitrogens is 2. The van der Waals surface area contributed by atoms with E-state index in [0.29, 0.717) is 30.7 Å². The third-order valence-corrected chi connectivity index (χ3v) is 5.94. The summed E-state index contributed by atoms with van der Waals surface area (Å²) in [4.78, 5) is 11.9. The second-order valence-electron chi connectivity index (χ2n) is 9.36. The molecule has 2 aromatic carbocycles. The molecule has 1 saturated heterocycles. The van der Waals surface area contributed by atoms with Crippen molar-refractivity contribution in [3.63, 3.8) is 0 Å². The maximum atomic E-state index is 13.3. The molecule has 4 rings (SSSR count). The first kappa shape index (κ1) is 23.2. The molecule has 0 bridgehead atoms. The van der Waals surface area contributed by atoms with Crippen molar-refractivity contribution < 1.29 is 9.13 Å². The van der Waals surface area contributed by atoms with Gasteiger partial charge in [-0.25, -0.2) is 14.4 Å². The number of likely N-dealkylation sites (N-methyl/N-ethyl adjacent to an activating group) is 1. The monoisotopic (exact) mass is 448 g/mol. The summed E-state index contributed by atoms with van der Waals surface area (Å²) in [6.45, 7) is 7.70. The number of anilines is 1. The van der Waals surface area contributed by atoms with Crippen LogP contribution >= 0.6 is 0 Å². The van der Waals surface area contributed by atoms with Crippen LogP contribution < -0.4 is 10.1 Å². The van der Waals surface area contributed by atoms with E-state index < -0.39 is 0 Å². The summed E-state index contributed by atoms with van der Waals surface area (Å²) in [5.74, 6) is 2.20. The van der Waals surface area contributed by atoms with Crippen molar-refractivity contribution in [2.75, 3.05) is 32.1 Å². The molecular weight excluding hydrogens is 415 g/mol. The van der Waals surface area contributed by atoms with Crippen molar-refractivity contribution in [2.24, 2.45) is 5.92 Å². The van der Waals surface area contributed by atoms with Gasteiger partial charge >= 0.3 is 0 Å². The predicted octanol–water partition coefficient (Wildman–Crippen LogP) is 5.27. The van der Waals surface area contributed by atoms with Crippen LogP contribution in [0.15, 0.2) is 54.7 Å². The number of nitrogens with one attached hydrogen (secondary N) is 1. The van der Waals surface area contributed by atoms with E-state index >= 15 is 0 Å². The van der Waals surface area contributed by atoms with Crippen LogP contribution in [-0.2, 0) is 13.0 Å². The summed E-state index contributed by atoms with van der Waals surface area (Å²) in [6, 6.07) is 14.8. The van der Waals surface area contributed by atoms with E-state index in [1.807, 2.05) is 30.5 Å². The standard InChI is InChI=1S/C27H33FN4O/c1-19(2)18-33-25-10-6-21(7-11-25)15-29-27-30-16-23(14-20-4-8-24(28)9-5-20)26(31-27)22-12-13-32(3)17-22/h4-11,16,19,22H,12-15,17-18H2,1-3H3,(H,29,30,31). The molecule has 1 unspecified atom stereocenters. The van der Waals surface area contributed by atoms with Crippen molar-refractivity contribution >= 4 is 5.95 Å². The average molecular weight is 449 g/mol. The van der Waals surface area contributed by atoms with E-state index in [1.54, 1.807) is 0 Å². The van der Waals surface area contributed by atoms with Crippen molar-refractivity contribution in [3.8, 4) is 5.75 Å². The molecule has 1 fully saturated rings. The molecule has 0 aliphatic carbocycles. The molecule has 2 heterocycles. The van der Waals surface area contributed by atoms with Gasteiger partial charge in [0.05, 0.1) is 12.3 Å². The fourth-order valence-corrected chi connectivity index (χ4v) is 4.12. The number of halogens is 1. The van der Waals surface area contributed by atoms with Crippen molar-refractivity contribution in [1.82, 2.24) is 14.9 Å². The van der Waals surface area contributed by atoms with Crippen LogP contribution in [-0.4, -0.2) is 41.6 Å². The topological polar surface area (TPSA) is 50.3 Å². The van der Waals surface area contributed by atoms with Crippen LogP contribution in [0.3, 0.4) is 0 Å². The highest BCUT2D eigenvalue weighted by atomic mass is 19.1. The molecule has 174 valence electrons. The molecule has 33 heavy (non-hydrogen) atoms. The van der Waals surface area contributed by atoms with Gasteiger partial charge in [0, 0.05) is 31.6 Å². The Labute approximate surface area is 196 Å². The maximum Gasteiger partial charge on any atom is 0.223 e. The van der Waals surface area contributed by atoms with Crippen LogP contribution in [0.1, 0.15) is 48.6 Å². The molecule has 1 aromatic heterocycles. The summed E-state index contributed by atoms with van der Waals surface area (Å²) in [6.07, 6.45) is 3.71. The van der Waals surface area contributed by atoms with E-state index in [1.165, 1.54) is 12.1 Å². The average Bonchev–Trinajstić information content (AvgIpc) is 3.25. The molecule has 6 heteroatoms. The van der Waals surface area contributed by atoms with Gasteiger partial charge < -0.3 is 15.0 Å². The van der Waals surface area contributed by atoms with E-state index in [4.69, 9.17) is 9.72 Å². The van der Waals surface area contributed by atoms with Crippen LogP contribution in [0.5, 0.6) is 5.75 Å². The number of ether oxygens (including phenoxy) is 1. The quantitative estimate of drug-likeness (QED) is 0.483. The zero-order valence-electron chi connectivity index (χ0n) is 19.7. The van der Waals surface area contributed by atoms with Crippen molar-refractivity contribution in [1.29, 1.82) is 0 Å². The maximum absolute atomic E-state index is 13.3. The number of hydrogen-bond acceptors (Lipinski definition) is 5. The summed E-state index contributed by atoms with van der Waals surface area (Å²) in [5, 5.41) is 3.38. The van der Waals surface area contributed by atoms with E-state index in [0.717, 1.165) is 54.3 Å². The lowest BCUT2D eigenvalue weighted by molar-refractivity contribution is 0.271. The highest BCUT2D eigenvalue weighted by molar-refractivity contribution is 5.37. The largest absolute Gasteiger partial charge is 0.493 e. The third-order valence-electron chi connectivity index (χ3n) is 5.94. The fourth-order valence-electron chi connectivity index (χ4n) is 4.12. The number of nitrogens with zero attached hydrogens (tertiary/aromatic N) is 3. The van der Waals surface area contributed by atoms with E-state index in [-0.39, 0.29) is 5.82 Å². The second-order valence-corrected chi connectivity index (χ2v) is 9.36. The highest BCUT2D eigenvalue weighted by Gasteiger charge is 2.25. The zero-order chi connectivity index (χ0) is 23.2. The molecule has 1 aliphatic rings. The first-order chi connectivity index (χ1) is 16.0. The van der Waals surface area contributed by atoms with Crippen LogP contribution in [0, 0.1) is 11.7 Å². The SMILES string of the molecule is CC(C)COc1ccc(CNc2ncc(Cc3ccc(F)cc3)c(C3CCN(C)C3)n2)cc1. The van der Waals surface area contributed by atoms with Gasteiger partial charge in [0.25, 0.3) is 0 Å². The Morgan fingerprint density at radius 3 is 2.48 bits per heavy atom. The molecule has 0 radical (unpaired) electrons. The molecule has 5 nitrogen and oxygen atoms in total. The number of hydrogen-bond donors (Lipinski definition) is 1. The Bertz CT molecular complexity index is 1040. The van der Waals surface area contributed by atoms with Gasteiger partial charge in [0.1, 0.15) is 11.6 Å². The van der Waals surface area contributed by atoms with Gasteiger partial charge in [0.15, 0.2) is 0 Å². The zero-order valence-corrected chi connectivity index (χ0v) is 19.7. The van der Waals surface area contributed by atoms with Gasteiger partial charge in [-0.05, 0) is 66.9 Å². The highest BCUT2D eigenvalue weighted by Crippen LogP contribution is 2.29. The van der Waals surface area contributed by atoms with Gasteiger partial charge in [-0.1, -0.05) is 38.1 Å². The number of likely N-dealkylation sites (tertiary alicyclic amines) is 1. The Morgan fingerprint density at radius 2 is 1.82 bits per heavy atom. The Morgan fingerprint density at radius 1 is 1.09 bits per heavy atom. The van der Waals surface area contributed by atoms with Gasteiger partial charge in [-0.15, -0.1) is 0 Å². The lowest BCUT2D eigenvalue weighted by atomic mass is 9.96. The molecule has 0 spiro atoms. The molecule has 1 aliphatic heterocycles. The summed E-state index contributed by atoms with van der Waals surface area (Å²) in [5.41, 5.74) is 4.42. The molecule has 1 N–H and O–H groups in total. The van der Waals surface area contributed by atoms with Gasteiger partial charge in [-0.3, -0.25) is 0 Å². The number of rotatable bonds is 9. The molecule has 1 atom stereocenters. The first-order valence-electron chi connectivity index (χ1n) is 11.7. The minimum atomic E-state index is -0.216. The normalized spacial score (nSPS) is 16.3. The first-order valence-corrected chi connectivity index (χ1v) is 11.7.